The predicted octanol–water partition coefficient (Wildman–Crippen LogP) is 3.73. The molecular formula is C16H19BrN6OS2. The zero-order valence-corrected chi connectivity index (χ0v) is 17.6. The molecule has 138 valence electrons. The van der Waals surface area contributed by atoms with Crippen LogP contribution in [-0.4, -0.2) is 31.5 Å². The van der Waals surface area contributed by atoms with Gasteiger partial charge in [0.2, 0.25) is 10.9 Å². The van der Waals surface area contributed by atoms with Gasteiger partial charge in [-0.2, -0.15) is 4.52 Å². The van der Waals surface area contributed by atoms with Crippen molar-refractivity contribution in [2.75, 3.05) is 11.1 Å². The molecule has 0 saturated heterocycles. The van der Waals surface area contributed by atoms with Crippen LogP contribution in [0.1, 0.15) is 32.1 Å². The van der Waals surface area contributed by atoms with Crippen LogP contribution in [0.3, 0.4) is 0 Å². The number of benzene rings is 1. The van der Waals surface area contributed by atoms with Crippen molar-refractivity contribution in [1.29, 1.82) is 0 Å². The molecule has 0 aliphatic carbocycles. The molecule has 0 fully saturated rings. The van der Waals surface area contributed by atoms with Gasteiger partial charge in [-0.15, -0.1) is 15.3 Å². The monoisotopic (exact) mass is 454 g/mol. The number of anilines is 1. The lowest BCUT2D eigenvalue weighted by molar-refractivity contribution is -0.113. The molecule has 7 nitrogen and oxygen atoms in total. The minimum Gasteiger partial charge on any atom is -0.325 e. The molecule has 0 aliphatic rings. The normalized spacial score (nSPS) is 13.7. The third-order valence-electron chi connectivity index (χ3n) is 4.01. The molecule has 2 unspecified atom stereocenters. The van der Waals surface area contributed by atoms with Gasteiger partial charge in [0.05, 0.1) is 11.8 Å². The quantitative estimate of drug-likeness (QED) is 0.527. The fraction of sp³-hybridized carbons (Fsp3) is 0.375. The third kappa shape index (κ3) is 4.43. The number of halogens is 1. The van der Waals surface area contributed by atoms with Gasteiger partial charge in [-0.1, -0.05) is 59.3 Å². The molecule has 1 aromatic carbocycles. The highest BCUT2D eigenvalue weighted by atomic mass is 79.9. The Bertz CT molecular complexity index is 894. The van der Waals surface area contributed by atoms with Crippen LogP contribution in [0.4, 0.5) is 5.69 Å². The SMILES string of the molecule is CCC(C)C(N)c1nnc2sc(SCC(=O)Nc3ccc(Br)cc3)nn12. The van der Waals surface area contributed by atoms with Crippen molar-refractivity contribution < 1.29 is 4.79 Å². The molecule has 10 heteroatoms. The Hall–Kier alpha value is -1.49. The zero-order valence-electron chi connectivity index (χ0n) is 14.3. The molecule has 2 heterocycles. The lowest BCUT2D eigenvalue weighted by Crippen LogP contribution is -2.21. The summed E-state index contributed by atoms with van der Waals surface area (Å²) in [5, 5.41) is 15.7. The molecule has 0 spiro atoms. The van der Waals surface area contributed by atoms with Crippen molar-refractivity contribution in [2.45, 2.75) is 30.6 Å². The number of nitrogens with one attached hydrogen (secondary N) is 1. The highest BCUT2D eigenvalue weighted by Crippen LogP contribution is 2.27. The van der Waals surface area contributed by atoms with E-state index in [0.29, 0.717) is 10.8 Å². The number of aromatic nitrogens is 4. The Morgan fingerprint density at radius 1 is 1.38 bits per heavy atom. The summed E-state index contributed by atoms with van der Waals surface area (Å²) in [6, 6.07) is 7.24. The van der Waals surface area contributed by atoms with E-state index in [-0.39, 0.29) is 23.6 Å². The number of nitrogens with two attached hydrogens (primary N) is 1. The molecule has 3 N–H and O–H groups in total. The number of carbonyl (C=O) groups is 1. The second kappa shape index (κ2) is 8.47. The smallest absolute Gasteiger partial charge is 0.235 e. The van der Waals surface area contributed by atoms with Crippen molar-refractivity contribution in [2.24, 2.45) is 11.7 Å². The number of carbonyl (C=O) groups excluding carboxylic acids is 1. The predicted molar refractivity (Wildman–Crippen MR) is 109 cm³/mol. The summed E-state index contributed by atoms with van der Waals surface area (Å²) >= 11 is 6.15. The highest BCUT2D eigenvalue weighted by Gasteiger charge is 2.22. The number of thioether (sulfide) groups is 1. The topological polar surface area (TPSA) is 98.2 Å². The maximum atomic E-state index is 12.1. The molecule has 3 aromatic rings. The largest absolute Gasteiger partial charge is 0.325 e. The van der Waals surface area contributed by atoms with E-state index in [2.05, 4.69) is 50.4 Å². The summed E-state index contributed by atoms with van der Waals surface area (Å²) in [5.74, 6) is 1.14. The third-order valence-corrected chi connectivity index (χ3v) is 6.57. The molecule has 0 bridgehead atoms. The molecule has 2 aromatic heterocycles. The van der Waals surface area contributed by atoms with Crippen LogP contribution in [-0.2, 0) is 4.79 Å². The van der Waals surface area contributed by atoms with E-state index in [1.54, 1.807) is 4.52 Å². The van der Waals surface area contributed by atoms with E-state index in [0.717, 1.165) is 20.9 Å². The standard InChI is InChI=1S/C16H19BrN6OS2/c1-3-9(2)13(18)14-20-21-15-23(14)22-16(26-15)25-8-12(24)19-11-6-4-10(17)5-7-11/h4-7,9,13H,3,8,18H2,1-2H3,(H,19,24). The van der Waals surface area contributed by atoms with E-state index in [4.69, 9.17) is 5.73 Å². The maximum Gasteiger partial charge on any atom is 0.235 e. The lowest BCUT2D eigenvalue weighted by Gasteiger charge is -2.15. The van der Waals surface area contributed by atoms with Crippen LogP contribution in [0, 0.1) is 5.92 Å². The summed E-state index contributed by atoms with van der Waals surface area (Å²) in [5.41, 5.74) is 7.02. The van der Waals surface area contributed by atoms with Gasteiger partial charge in [0.1, 0.15) is 0 Å². The maximum absolute atomic E-state index is 12.1. The zero-order chi connectivity index (χ0) is 18.7. The first kappa shape index (κ1) is 19.3. The first-order valence-electron chi connectivity index (χ1n) is 8.14. The van der Waals surface area contributed by atoms with Gasteiger partial charge in [-0.3, -0.25) is 4.79 Å². The second-order valence-corrected chi connectivity index (χ2v) is 8.97. The van der Waals surface area contributed by atoms with E-state index in [1.165, 1.54) is 23.1 Å². The number of nitrogens with zero attached hydrogens (tertiary/aromatic N) is 4. The van der Waals surface area contributed by atoms with Gasteiger partial charge < -0.3 is 11.1 Å². The van der Waals surface area contributed by atoms with Crippen LogP contribution in [0.15, 0.2) is 33.1 Å². The van der Waals surface area contributed by atoms with Crippen LogP contribution < -0.4 is 11.1 Å². The minimum atomic E-state index is -0.212. The van der Waals surface area contributed by atoms with E-state index in [1.807, 2.05) is 24.3 Å². The van der Waals surface area contributed by atoms with Gasteiger partial charge in [0, 0.05) is 10.2 Å². The average Bonchev–Trinajstić information content (AvgIpc) is 3.21. The van der Waals surface area contributed by atoms with E-state index >= 15 is 0 Å². The molecule has 3 rings (SSSR count). The Morgan fingerprint density at radius 3 is 2.81 bits per heavy atom. The van der Waals surface area contributed by atoms with Crippen LogP contribution >= 0.6 is 39.0 Å². The Morgan fingerprint density at radius 2 is 2.12 bits per heavy atom. The van der Waals surface area contributed by atoms with Crippen molar-refractivity contribution in [3.8, 4) is 0 Å². The van der Waals surface area contributed by atoms with Gasteiger partial charge in [0.25, 0.3) is 0 Å². The molecule has 1 amide bonds. The second-order valence-electron chi connectivity index (χ2n) is 5.88. The van der Waals surface area contributed by atoms with Crippen molar-refractivity contribution in [1.82, 2.24) is 19.8 Å². The summed E-state index contributed by atoms with van der Waals surface area (Å²) < 4.78 is 3.42. The van der Waals surface area contributed by atoms with Gasteiger partial charge in [-0.25, -0.2) is 0 Å². The summed E-state index contributed by atoms with van der Waals surface area (Å²) in [6.07, 6.45) is 0.956. The number of hydrogen-bond donors (Lipinski definition) is 2. The van der Waals surface area contributed by atoms with Gasteiger partial charge >= 0.3 is 0 Å². The van der Waals surface area contributed by atoms with Crippen LogP contribution in [0.2, 0.25) is 0 Å². The Kier molecular flexibility index (Phi) is 6.28. The molecular weight excluding hydrogens is 436 g/mol. The van der Waals surface area contributed by atoms with E-state index < -0.39 is 0 Å². The first-order chi connectivity index (χ1) is 12.5. The lowest BCUT2D eigenvalue weighted by atomic mass is 10.00. The van der Waals surface area contributed by atoms with Crippen molar-refractivity contribution in [3.05, 3.63) is 34.6 Å². The van der Waals surface area contributed by atoms with Gasteiger partial charge in [-0.05, 0) is 30.2 Å². The number of rotatable bonds is 7. The van der Waals surface area contributed by atoms with Crippen molar-refractivity contribution in [3.63, 3.8) is 0 Å². The average molecular weight is 455 g/mol. The van der Waals surface area contributed by atoms with Gasteiger partial charge in [0.15, 0.2) is 10.2 Å². The molecule has 0 radical (unpaired) electrons. The fourth-order valence-corrected chi connectivity index (χ4v) is 4.19. The Labute approximate surface area is 167 Å². The molecule has 2 atom stereocenters. The molecule has 0 saturated carbocycles. The molecule has 0 aliphatic heterocycles. The number of hydrogen-bond acceptors (Lipinski definition) is 7. The van der Waals surface area contributed by atoms with E-state index in [9.17, 15) is 4.79 Å². The summed E-state index contributed by atoms with van der Waals surface area (Å²) in [4.78, 5) is 12.8. The molecule has 26 heavy (non-hydrogen) atoms. The number of amides is 1. The fourth-order valence-electron chi connectivity index (χ4n) is 2.25. The summed E-state index contributed by atoms with van der Waals surface area (Å²) in [7, 11) is 0. The Balaban J connectivity index is 1.63. The summed E-state index contributed by atoms with van der Waals surface area (Å²) in [6.45, 7) is 4.18. The number of fused-ring (bicyclic) bond motifs is 1. The van der Waals surface area contributed by atoms with Crippen LogP contribution in [0.25, 0.3) is 4.96 Å². The first-order valence-corrected chi connectivity index (χ1v) is 10.7. The van der Waals surface area contributed by atoms with Crippen LogP contribution in [0.5, 0.6) is 0 Å². The minimum absolute atomic E-state index is 0.0835. The van der Waals surface area contributed by atoms with Crippen molar-refractivity contribution >= 4 is 55.6 Å². The highest BCUT2D eigenvalue weighted by molar-refractivity contribution is 9.10.